The molecular formula is C5H8ClN4. The molecule has 1 heterocycles. The van der Waals surface area contributed by atoms with Crippen LogP contribution in [0.2, 0.25) is 0 Å². The van der Waals surface area contributed by atoms with Crippen molar-refractivity contribution < 1.29 is 0 Å². The van der Waals surface area contributed by atoms with Crippen molar-refractivity contribution in [3.63, 3.8) is 0 Å². The summed E-state index contributed by atoms with van der Waals surface area (Å²) in [5.41, 5.74) is 6.25. The third kappa shape index (κ3) is 1.54. The van der Waals surface area contributed by atoms with Crippen LogP contribution in [0.3, 0.4) is 0 Å². The van der Waals surface area contributed by atoms with Gasteiger partial charge in [-0.05, 0) is 0 Å². The van der Waals surface area contributed by atoms with Crippen LogP contribution in [0.5, 0.6) is 0 Å². The van der Waals surface area contributed by atoms with Gasteiger partial charge in [-0.2, -0.15) is 0 Å². The first-order valence-corrected chi connectivity index (χ1v) is 3.16. The van der Waals surface area contributed by atoms with E-state index in [0.29, 0.717) is 5.17 Å². The predicted molar refractivity (Wildman–Crippen MR) is 40.3 cm³/mol. The predicted octanol–water partition coefficient (Wildman–Crippen LogP) is 0.0643. The molecule has 0 aliphatic carbocycles. The molecule has 55 valence electrons. The zero-order chi connectivity index (χ0) is 7.56. The second kappa shape index (κ2) is 2.79. The lowest BCUT2D eigenvalue weighted by atomic mass is 10.5. The summed E-state index contributed by atoms with van der Waals surface area (Å²) < 4.78 is 0. The number of nitrogens with one attached hydrogen (secondary N) is 1. The van der Waals surface area contributed by atoms with E-state index in [1.807, 2.05) is 19.0 Å². The Kier molecular flexibility index (Phi) is 2.01. The van der Waals surface area contributed by atoms with E-state index in [9.17, 15) is 0 Å². The van der Waals surface area contributed by atoms with Crippen molar-refractivity contribution in [3.8, 4) is 0 Å². The molecule has 0 spiro atoms. The molecule has 0 unspecified atom stereocenters. The van der Waals surface area contributed by atoms with Gasteiger partial charge in [0.2, 0.25) is 0 Å². The van der Waals surface area contributed by atoms with Crippen molar-refractivity contribution >= 4 is 16.8 Å². The normalized spacial score (nSPS) is 16.3. The van der Waals surface area contributed by atoms with Gasteiger partial charge < -0.3 is 4.90 Å². The minimum atomic E-state index is 0.391. The summed E-state index contributed by atoms with van der Waals surface area (Å²) in [6, 6.07) is 0. The number of allylic oxidation sites excluding steroid dienone is 1. The Morgan fingerprint density at radius 3 is 2.70 bits per heavy atom. The second-order valence-electron chi connectivity index (χ2n) is 2.06. The van der Waals surface area contributed by atoms with Gasteiger partial charge in [-0.15, -0.1) is 5.10 Å². The minimum Gasteiger partial charge on any atom is -0.363 e. The van der Waals surface area contributed by atoms with Crippen LogP contribution in [-0.2, 0) is 0 Å². The number of nitrogens with zero attached hydrogens (tertiary/aromatic N) is 3. The van der Waals surface area contributed by atoms with E-state index in [4.69, 9.17) is 11.6 Å². The molecule has 0 saturated heterocycles. The number of hydrogen-bond acceptors (Lipinski definition) is 3. The summed E-state index contributed by atoms with van der Waals surface area (Å²) in [5.74, 6) is 0.833. The van der Waals surface area contributed by atoms with Crippen LogP contribution in [0.4, 0.5) is 0 Å². The van der Waals surface area contributed by atoms with E-state index in [2.05, 4.69) is 16.1 Å². The molecule has 5 heteroatoms. The largest absolute Gasteiger partial charge is 0.363 e. The fourth-order valence-corrected chi connectivity index (χ4v) is 0.668. The molecule has 1 N–H and O–H groups in total. The van der Waals surface area contributed by atoms with E-state index in [1.165, 1.54) is 0 Å². The van der Waals surface area contributed by atoms with Gasteiger partial charge in [0.05, 0.1) is 0 Å². The second-order valence-corrected chi connectivity index (χ2v) is 2.45. The molecule has 0 atom stereocenters. The molecule has 0 aromatic carbocycles. The van der Waals surface area contributed by atoms with E-state index in [-0.39, 0.29) is 0 Å². The molecule has 1 radical (unpaired) electrons. The summed E-state index contributed by atoms with van der Waals surface area (Å²) >= 11 is 5.57. The van der Waals surface area contributed by atoms with Gasteiger partial charge >= 0.3 is 0 Å². The van der Waals surface area contributed by atoms with Crippen LogP contribution >= 0.6 is 11.6 Å². The van der Waals surface area contributed by atoms with E-state index < -0.39 is 0 Å². The van der Waals surface area contributed by atoms with E-state index in [1.54, 1.807) is 6.08 Å². The maximum absolute atomic E-state index is 5.57. The van der Waals surface area contributed by atoms with Gasteiger partial charge in [0, 0.05) is 20.2 Å². The quantitative estimate of drug-likeness (QED) is 0.588. The molecule has 0 aromatic rings. The highest BCUT2D eigenvalue weighted by molar-refractivity contribution is 6.68. The number of hydrogen-bond donors (Lipinski definition) is 1. The standard InChI is InChI=1S/C5H8ClN4/c1-10(2)5-3-4(6)7-9-8-5/h3,8H,1-2H3. The molecule has 1 aliphatic heterocycles. The lowest BCUT2D eigenvalue weighted by Crippen LogP contribution is -2.32. The Hall–Kier alpha value is -0.900. The monoisotopic (exact) mass is 159 g/mol. The van der Waals surface area contributed by atoms with E-state index in [0.717, 1.165) is 5.82 Å². The first-order valence-electron chi connectivity index (χ1n) is 2.78. The maximum Gasteiger partial charge on any atom is 0.157 e. The molecule has 0 bridgehead atoms. The smallest absolute Gasteiger partial charge is 0.157 e. The molecule has 0 saturated carbocycles. The molecule has 0 aromatic heterocycles. The fraction of sp³-hybridized carbons (Fsp3) is 0.400. The van der Waals surface area contributed by atoms with Crippen molar-refractivity contribution in [1.29, 1.82) is 0 Å². The van der Waals surface area contributed by atoms with Crippen molar-refractivity contribution in [3.05, 3.63) is 11.9 Å². The van der Waals surface area contributed by atoms with Gasteiger partial charge in [-0.3, -0.25) is 0 Å². The lowest BCUT2D eigenvalue weighted by molar-refractivity contribution is 0.420. The Balaban J connectivity index is 2.69. The van der Waals surface area contributed by atoms with Crippen LogP contribution in [0, 0.1) is 0 Å². The molecular weight excluding hydrogens is 152 g/mol. The van der Waals surface area contributed by atoms with Crippen LogP contribution in [0.15, 0.2) is 17.0 Å². The van der Waals surface area contributed by atoms with Crippen molar-refractivity contribution in [2.24, 2.45) is 5.10 Å². The molecule has 0 amide bonds. The van der Waals surface area contributed by atoms with Crippen LogP contribution in [0.1, 0.15) is 0 Å². The van der Waals surface area contributed by atoms with Crippen LogP contribution in [0.25, 0.3) is 0 Å². The summed E-state index contributed by atoms with van der Waals surface area (Å²) in [6.07, 6.45) is 1.70. The minimum absolute atomic E-state index is 0.391. The Morgan fingerprint density at radius 1 is 1.60 bits per heavy atom. The molecule has 0 fully saturated rings. The summed E-state index contributed by atoms with van der Waals surface area (Å²) in [4.78, 5) is 1.86. The van der Waals surface area contributed by atoms with Crippen LogP contribution < -0.4 is 11.0 Å². The Bertz CT molecular complexity index is 184. The van der Waals surface area contributed by atoms with Crippen molar-refractivity contribution in [1.82, 2.24) is 15.9 Å². The molecule has 10 heavy (non-hydrogen) atoms. The average Bonchev–Trinajstić information content (AvgIpc) is 1.88. The highest BCUT2D eigenvalue weighted by atomic mass is 35.5. The average molecular weight is 160 g/mol. The lowest BCUT2D eigenvalue weighted by Gasteiger charge is -2.18. The Labute approximate surface area is 64.5 Å². The van der Waals surface area contributed by atoms with Gasteiger partial charge in [-0.25, -0.2) is 5.43 Å². The third-order valence-electron chi connectivity index (χ3n) is 1.05. The molecule has 1 aliphatic rings. The van der Waals surface area contributed by atoms with Crippen molar-refractivity contribution in [2.75, 3.05) is 14.1 Å². The summed E-state index contributed by atoms with van der Waals surface area (Å²) in [6.45, 7) is 0. The molecule has 1 rings (SSSR count). The highest BCUT2D eigenvalue weighted by Crippen LogP contribution is 2.00. The summed E-state index contributed by atoms with van der Waals surface area (Å²) in [7, 11) is 3.79. The van der Waals surface area contributed by atoms with E-state index >= 15 is 0 Å². The van der Waals surface area contributed by atoms with Gasteiger partial charge in [-0.1, -0.05) is 17.1 Å². The van der Waals surface area contributed by atoms with Crippen molar-refractivity contribution in [2.45, 2.75) is 0 Å². The van der Waals surface area contributed by atoms with Gasteiger partial charge in [0.25, 0.3) is 0 Å². The zero-order valence-electron chi connectivity index (χ0n) is 5.80. The third-order valence-corrected chi connectivity index (χ3v) is 1.23. The highest BCUT2D eigenvalue weighted by Gasteiger charge is 2.05. The first kappa shape index (κ1) is 7.21. The Morgan fingerprint density at radius 2 is 2.30 bits per heavy atom. The SMILES string of the molecule is CN(C)C1=CC(Cl)=N[N]N1. The number of halogens is 1. The fourth-order valence-electron chi connectivity index (χ4n) is 0.527. The van der Waals surface area contributed by atoms with Gasteiger partial charge in [0.15, 0.2) is 5.17 Å². The topological polar surface area (TPSA) is 41.7 Å². The maximum atomic E-state index is 5.57. The first-order chi connectivity index (χ1) is 4.70. The number of rotatable bonds is 1. The molecule has 4 nitrogen and oxygen atoms in total. The zero-order valence-corrected chi connectivity index (χ0v) is 6.55. The van der Waals surface area contributed by atoms with Gasteiger partial charge in [0.1, 0.15) is 5.82 Å². The van der Waals surface area contributed by atoms with Crippen LogP contribution in [-0.4, -0.2) is 24.2 Å². The summed E-state index contributed by atoms with van der Waals surface area (Å²) in [5, 5.41) is 3.95.